The standard InChI is InChI=1S/C43H31BrN2/c1-43(2)38-18-8-5-15-34(38)35-23-22-30(27-39(35)43)45(40-21-11-13-28-12-3-4-14-33(28)40)31-24-29(44)25-32(26-31)46-41-19-9-6-16-36(41)37-17-7-10-20-42(37)46/h3-27H,1-2H3. The molecule has 0 saturated heterocycles. The third-order valence-electron chi connectivity index (χ3n) is 9.80. The lowest BCUT2D eigenvalue weighted by molar-refractivity contribution is 0.660. The van der Waals surface area contributed by atoms with Gasteiger partial charge in [0.25, 0.3) is 0 Å². The smallest absolute Gasteiger partial charge is 0.0541 e. The van der Waals surface area contributed by atoms with Crippen LogP contribution in [0.3, 0.4) is 0 Å². The lowest BCUT2D eigenvalue weighted by Crippen LogP contribution is -2.16. The average molecular weight is 656 g/mol. The number of fused-ring (bicyclic) bond motifs is 7. The van der Waals surface area contributed by atoms with Crippen LogP contribution in [-0.2, 0) is 5.41 Å². The van der Waals surface area contributed by atoms with Gasteiger partial charge < -0.3 is 9.47 Å². The molecule has 0 amide bonds. The van der Waals surface area contributed by atoms with Crippen LogP contribution in [0.4, 0.5) is 17.1 Å². The fourth-order valence-corrected chi connectivity index (χ4v) is 8.15. The molecule has 0 radical (unpaired) electrons. The van der Waals surface area contributed by atoms with E-state index in [0.29, 0.717) is 0 Å². The van der Waals surface area contributed by atoms with Crippen molar-refractivity contribution in [2.24, 2.45) is 0 Å². The molecule has 1 aliphatic carbocycles. The average Bonchev–Trinajstić information content (AvgIpc) is 3.54. The van der Waals surface area contributed by atoms with Crippen LogP contribution in [0.15, 0.2) is 156 Å². The number of aromatic nitrogens is 1. The van der Waals surface area contributed by atoms with Crippen molar-refractivity contribution in [2.75, 3.05) is 4.90 Å². The Labute approximate surface area is 277 Å². The number of para-hydroxylation sites is 2. The molecular weight excluding hydrogens is 624 g/mol. The molecule has 0 unspecified atom stereocenters. The van der Waals surface area contributed by atoms with Crippen LogP contribution < -0.4 is 4.90 Å². The lowest BCUT2D eigenvalue weighted by atomic mass is 9.82. The quantitative estimate of drug-likeness (QED) is 0.183. The maximum absolute atomic E-state index is 3.94. The van der Waals surface area contributed by atoms with Gasteiger partial charge in [0.15, 0.2) is 0 Å². The Bertz CT molecular complexity index is 2430. The Morgan fingerprint density at radius 3 is 1.93 bits per heavy atom. The number of hydrogen-bond acceptors (Lipinski definition) is 1. The second kappa shape index (κ2) is 10.2. The van der Waals surface area contributed by atoms with Crippen LogP contribution in [-0.4, -0.2) is 4.57 Å². The Balaban J connectivity index is 1.31. The first kappa shape index (κ1) is 27.2. The van der Waals surface area contributed by atoms with Crippen molar-refractivity contribution in [2.45, 2.75) is 19.3 Å². The minimum Gasteiger partial charge on any atom is -0.310 e. The van der Waals surface area contributed by atoms with E-state index < -0.39 is 0 Å². The van der Waals surface area contributed by atoms with E-state index in [2.05, 4.69) is 191 Å². The number of anilines is 3. The first-order valence-electron chi connectivity index (χ1n) is 15.8. The first-order chi connectivity index (χ1) is 22.5. The molecule has 1 heterocycles. The van der Waals surface area contributed by atoms with Crippen molar-refractivity contribution in [1.29, 1.82) is 0 Å². The molecule has 0 bridgehead atoms. The molecule has 1 aliphatic rings. The molecule has 0 saturated carbocycles. The van der Waals surface area contributed by atoms with Gasteiger partial charge in [0.2, 0.25) is 0 Å². The summed E-state index contributed by atoms with van der Waals surface area (Å²) in [5.74, 6) is 0. The number of halogens is 1. The molecule has 7 aromatic carbocycles. The fourth-order valence-electron chi connectivity index (χ4n) is 7.68. The number of benzene rings is 7. The van der Waals surface area contributed by atoms with Gasteiger partial charge >= 0.3 is 0 Å². The van der Waals surface area contributed by atoms with E-state index in [9.17, 15) is 0 Å². The van der Waals surface area contributed by atoms with Crippen molar-refractivity contribution in [1.82, 2.24) is 4.57 Å². The molecule has 0 N–H and O–H groups in total. The van der Waals surface area contributed by atoms with Gasteiger partial charge in [-0.15, -0.1) is 0 Å². The zero-order valence-electron chi connectivity index (χ0n) is 25.7. The van der Waals surface area contributed by atoms with Crippen molar-refractivity contribution in [3.8, 4) is 16.8 Å². The molecule has 3 heteroatoms. The molecule has 1 aromatic heterocycles. The van der Waals surface area contributed by atoms with Crippen molar-refractivity contribution in [3.63, 3.8) is 0 Å². The van der Waals surface area contributed by atoms with E-state index >= 15 is 0 Å². The van der Waals surface area contributed by atoms with E-state index in [1.165, 1.54) is 54.8 Å². The highest BCUT2D eigenvalue weighted by molar-refractivity contribution is 9.10. The van der Waals surface area contributed by atoms with Crippen LogP contribution >= 0.6 is 15.9 Å². The summed E-state index contributed by atoms with van der Waals surface area (Å²) in [7, 11) is 0. The normalized spacial score (nSPS) is 13.3. The summed E-state index contributed by atoms with van der Waals surface area (Å²) in [6, 6.07) is 55.4. The minimum atomic E-state index is -0.0994. The monoisotopic (exact) mass is 654 g/mol. The maximum Gasteiger partial charge on any atom is 0.0541 e. The SMILES string of the molecule is CC1(C)c2ccccc2-c2ccc(N(c3cc(Br)cc(-n4c5ccccc5c5ccccc54)c3)c3cccc4ccccc34)cc21. The van der Waals surface area contributed by atoms with Crippen molar-refractivity contribution < 1.29 is 0 Å². The molecule has 8 aromatic rings. The zero-order chi connectivity index (χ0) is 31.0. The number of rotatable bonds is 4. The van der Waals surface area contributed by atoms with Crippen LogP contribution in [0, 0.1) is 0 Å². The molecule has 220 valence electrons. The predicted molar refractivity (Wildman–Crippen MR) is 198 cm³/mol. The Kier molecular flexibility index (Phi) is 6.03. The summed E-state index contributed by atoms with van der Waals surface area (Å²) >= 11 is 3.94. The molecule has 0 spiro atoms. The van der Waals surface area contributed by atoms with Gasteiger partial charge in [0.05, 0.1) is 16.7 Å². The highest BCUT2D eigenvalue weighted by Crippen LogP contribution is 2.51. The molecule has 2 nitrogen and oxygen atoms in total. The Morgan fingerprint density at radius 2 is 1.15 bits per heavy atom. The molecule has 0 fully saturated rings. The third kappa shape index (κ3) is 4.01. The van der Waals surface area contributed by atoms with E-state index in [1.807, 2.05) is 0 Å². The first-order valence-corrected chi connectivity index (χ1v) is 16.6. The van der Waals surface area contributed by atoms with Crippen LogP contribution in [0.2, 0.25) is 0 Å². The van der Waals surface area contributed by atoms with Crippen molar-refractivity contribution >= 4 is 65.6 Å². The highest BCUT2D eigenvalue weighted by atomic mass is 79.9. The molecular formula is C43H31BrN2. The van der Waals surface area contributed by atoms with Gasteiger partial charge in [-0.05, 0) is 76.2 Å². The topological polar surface area (TPSA) is 8.17 Å². The van der Waals surface area contributed by atoms with Crippen LogP contribution in [0.1, 0.15) is 25.0 Å². The fraction of sp³-hybridized carbons (Fsp3) is 0.0698. The van der Waals surface area contributed by atoms with Gasteiger partial charge in [-0.3, -0.25) is 0 Å². The molecule has 0 aliphatic heterocycles. The second-order valence-corrected chi connectivity index (χ2v) is 13.7. The lowest BCUT2D eigenvalue weighted by Gasteiger charge is -2.29. The predicted octanol–water partition coefficient (Wildman–Crippen LogP) is 12.5. The van der Waals surface area contributed by atoms with Crippen LogP contribution in [0.5, 0.6) is 0 Å². The van der Waals surface area contributed by atoms with Gasteiger partial charge in [-0.2, -0.15) is 0 Å². The summed E-state index contributed by atoms with van der Waals surface area (Å²) in [6.45, 7) is 4.70. The third-order valence-corrected chi connectivity index (χ3v) is 10.3. The number of hydrogen-bond donors (Lipinski definition) is 0. The summed E-state index contributed by atoms with van der Waals surface area (Å²) < 4.78 is 3.42. The van der Waals surface area contributed by atoms with E-state index in [-0.39, 0.29) is 5.41 Å². The number of nitrogens with zero attached hydrogens (tertiary/aromatic N) is 2. The van der Waals surface area contributed by atoms with Gasteiger partial charge in [-0.1, -0.05) is 133 Å². The highest BCUT2D eigenvalue weighted by Gasteiger charge is 2.35. The summed E-state index contributed by atoms with van der Waals surface area (Å²) in [4.78, 5) is 2.43. The Hall–Kier alpha value is -5.12. The van der Waals surface area contributed by atoms with E-state index in [4.69, 9.17) is 0 Å². The molecule has 9 rings (SSSR count). The second-order valence-electron chi connectivity index (χ2n) is 12.8. The Morgan fingerprint density at radius 1 is 0.522 bits per heavy atom. The molecule has 46 heavy (non-hydrogen) atoms. The van der Waals surface area contributed by atoms with Gasteiger partial charge in [-0.25, -0.2) is 0 Å². The minimum absolute atomic E-state index is 0.0994. The van der Waals surface area contributed by atoms with Crippen molar-refractivity contribution in [3.05, 3.63) is 167 Å². The van der Waals surface area contributed by atoms with Crippen LogP contribution in [0.25, 0.3) is 49.4 Å². The van der Waals surface area contributed by atoms with Gasteiger partial charge in [0.1, 0.15) is 0 Å². The largest absolute Gasteiger partial charge is 0.310 e. The van der Waals surface area contributed by atoms with Gasteiger partial charge in [0, 0.05) is 43.1 Å². The summed E-state index contributed by atoms with van der Waals surface area (Å²) in [6.07, 6.45) is 0. The summed E-state index contributed by atoms with van der Waals surface area (Å²) in [5, 5.41) is 4.94. The molecule has 0 atom stereocenters. The van der Waals surface area contributed by atoms with E-state index in [0.717, 1.165) is 27.2 Å². The zero-order valence-corrected chi connectivity index (χ0v) is 27.3. The van der Waals surface area contributed by atoms with E-state index in [1.54, 1.807) is 0 Å². The maximum atomic E-state index is 3.94. The summed E-state index contributed by atoms with van der Waals surface area (Å²) in [5.41, 5.74) is 12.2.